The third-order valence-corrected chi connectivity index (χ3v) is 3.31. The fraction of sp³-hybridized carbons (Fsp3) is 0.111. The summed E-state index contributed by atoms with van der Waals surface area (Å²) in [6.07, 6.45) is 1.46. The molecule has 1 aromatic heterocycles. The lowest BCUT2D eigenvalue weighted by molar-refractivity contribution is 0.0929. The molecule has 0 fully saturated rings. The molecule has 0 atom stereocenters. The molecule has 0 saturated carbocycles. The van der Waals surface area contributed by atoms with Crippen LogP contribution >= 0.6 is 0 Å². The van der Waals surface area contributed by atoms with Gasteiger partial charge in [-0.3, -0.25) is 4.79 Å². The third-order valence-electron chi connectivity index (χ3n) is 3.31. The fourth-order valence-corrected chi connectivity index (χ4v) is 2.20. The molecule has 1 amide bonds. The number of phenols is 1. The van der Waals surface area contributed by atoms with Gasteiger partial charge in [-0.2, -0.15) is 5.10 Å². The van der Waals surface area contributed by atoms with Gasteiger partial charge in [0.05, 0.1) is 12.8 Å². The first-order valence-corrected chi connectivity index (χ1v) is 7.45. The quantitative estimate of drug-likeness (QED) is 0.557. The average Bonchev–Trinajstić information content (AvgIpc) is 3.02. The maximum atomic E-state index is 12.0. The van der Waals surface area contributed by atoms with E-state index in [1.54, 1.807) is 24.3 Å². The minimum Gasteiger partial charge on any atom is -0.504 e. The number of fused-ring (bicyclic) bond motifs is 1. The van der Waals surface area contributed by atoms with Crippen molar-refractivity contribution in [1.82, 2.24) is 5.43 Å². The zero-order valence-corrected chi connectivity index (χ0v) is 13.0. The van der Waals surface area contributed by atoms with Crippen molar-refractivity contribution in [3.05, 3.63) is 59.9 Å². The maximum Gasteiger partial charge on any atom is 0.307 e. The molecule has 6 nitrogen and oxygen atoms in total. The van der Waals surface area contributed by atoms with Crippen LogP contribution in [0.25, 0.3) is 11.0 Å². The van der Waals surface area contributed by atoms with Gasteiger partial charge >= 0.3 is 5.91 Å². The average molecular weight is 324 g/mol. The van der Waals surface area contributed by atoms with Crippen LogP contribution in [-0.2, 0) is 0 Å². The number of aromatic hydroxyl groups is 1. The number of hydrogen-bond donors (Lipinski definition) is 2. The molecular formula is C18H16N2O4. The fourth-order valence-electron chi connectivity index (χ4n) is 2.20. The Morgan fingerprint density at radius 2 is 2.12 bits per heavy atom. The van der Waals surface area contributed by atoms with Crippen molar-refractivity contribution in [1.29, 1.82) is 0 Å². The van der Waals surface area contributed by atoms with E-state index in [0.29, 0.717) is 23.5 Å². The van der Waals surface area contributed by atoms with Crippen LogP contribution in [0.3, 0.4) is 0 Å². The van der Waals surface area contributed by atoms with Crippen LogP contribution < -0.4 is 10.2 Å². The molecule has 6 heteroatoms. The lowest BCUT2D eigenvalue weighted by Crippen LogP contribution is -2.16. The second kappa shape index (κ2) is 6.87. The number of nitrogens with zero attached hydrogens (tertiary/aromatic N) is 1. The van der Waals surface area contributed by atoms with Gasteiger partial charge < -0.3 is 14.3 Å². The first-order valence-electron chi connectivity index (χ1n) is 7.45. The number of hydrazone groups is 1. The van der Waals surface area contributed by atoms with Crippen LogP contribution in [0.2, 0.25) is 0 Å². The molecule has 122 valence electrons. The molecule has 0 bridgehead atoms. The summed E-state index contributed by atoms with van der Waals surface area (Å²) in [5, 5.41) is 14.4. The van der Waals surface area contributed by atoms with E-state index in [0.717, 1.165) is 5.39 Å². The Morgan fingerprint density at radius 1 is 1.29 bits per heavy atom. The summed E-state index contributed by atoms with van der Waals surface area (Å²) in [4.78, 5) is 12.0. The molecule has 0 aliphatic heterocycles. The normalized spacial score (nSPS) is 11.0. The number of hydrogen-bond acceptors (Lipinski definition) is 5. The Balaban J connectivity index is 1.69. The molecule has 0 aliphatic rings. The highest BCUT2D eigenvalue weighted by atomic mass is 16.5. The predicted molar refractivity (Wildman–Crippen MR) is 90.6 cm³/mol. The zero-order valence-electron chi connectivity index (χ0n) is 13.0. The summed E-state index contributed by atoms with van der Waals surface area (Å²) >= 11 is 0. The molecule has 2 aromatic carbocycles. The Kier molecular flexibility index (Phi) is 4.47. The number of nitrogens with one attached hydrogen (secondary N) is 1. The van der Waals surface area contributed by atoms with Crippen molar-refractivity contribution in [2.24, 2.45) is 5.10 Å². The number of para-hydroxylation sites is 1. The van der Waals surface area contributed by atoms with Crippen molar-refractivity contribution in [3.8, 4) is 11.5 Å². The van der Waals surface area contributed by atoms with Gasteiger partial charge in [-0.05, 0) is 42.8 Å². The number of benzene rings is 2. The first-order chi connectivity index (χ1) is 11.7. The van der Waals surface area contributed by atoms with Crippen molar-refractivity contribution in [2.75, 3.05) is 6.61 Å². The van der Waals surface area contributed by atoms with Gasteiger partial charge in [-0.25, -0.2) is 5.43 Å². The van der Waals surface area contributed by atoms with Gasteiger partial charge in [-0.1, -0.05) is 18.2 Å². The first kappa shape index (κ1) is 15.6. The number of phenolic OH excluding ortho intramolecular Hbond substituents is 1. The lowest BCUT2D eigenvalue weighted by Gasteiger charge is -2.05. The van der Waals surface area contributed by atoms with Gasteiger partial charge in [0.25, 0.3) is 0 Å². The highest BCUT2D eigenvalue weighted by Crippen LogP contribution is 2.26. The van der Waals surface area contributed by atoms with E-state index in [-0.39, 0.29) is 11.5 Å². The minimum absolute atomic E-state index is 0.0558. The molecule has 0 unspecified atom stereocenters. The Labute approximate surface area is 138 Å². The minimum atomic E-state index is -0.439. The Bertz CT molecular complexity index is 866. The lowest BCUT2D eigenvalue weighted by atomic mass is 10.2. The second-order valence-electron chi connectivity index (χ2n) is 5.01. The standard InChI is InChI=1S/C18H16N2O4/c1-2-23-16-9-12(7-8-14(16)21)11-19-20-18(22)17-10-13-5-3-4-6-15(13)24-17/h3-11,21H,2H2,1H3,(H,20,22)/b19-11-. The Hall–Kier alpha value is -3.28. The van der Waals surface area contributed by atoms with Gasteiger partial charge in [0.1, 0.15) is 5.58 Å². The van der Waals surface area contributed by atoms with E-state index in [1.165, 1.54) is 12.3 Å². The molecular weight excluding hydrogens is 308 g/mol. The van der Waals surface area contributed by atoms with Gasteiger partial charge in [0.2, 0.25) is 0 Å². The summed E-state index contributed by atoms with van der Waals surface area (Å²) in [5.74, 6) is 0.172. The maximum absolute atomic E-state index is 12.0. The van der Waals surface area contributed by atoms with E-state index in [4.69, 9.17) is 9.15 Å². The number of carbonyl (C=O) groups is 1. The number of ether oxygens (including phenoxy) is 1. The SMILES string of the molecule is CCOc1cc(/C=N\NC(=O)c2cc3ccccc3o2)ccc1O. The van der Waals surface area contributed by atoms with Crippen molar-refractivity contribution in [2.45, 2.75) is 6.92 Å². The largest absolute Gasteiger partial charge is 0.504 e. The van der Waals surface area contributed by atoms with Crippen LogP contribution in [-0.4, -0.2) is 23.8 Å². The number of amides is 1. The highest BCUT2D eigenvalue weighted by Gasteiger charge is 2.11. The zero-order chi connectivity index (χ0) is 16.9. The van der Waals surface area contributed by atoms with E-state index < -0.39 is 5.91 Å². The monoisotopic (exact) mass is 324 g/mol. The van der Waals surface area contributed by atoms with E-state index >= 15 is 0 Å². The second-order valence-corrected chi connectivity index (χ2v) is 5.01. The molecule has 2 N–H and O–H groups in total. The van der Waals surface area contributed by atoms with Gasteiger partial charge in [0, 0.05) is 5.39 Å². The van der Waals surface area contributed by atoms with Crippen LogP contribution in [0, 0.1) is 0 Å². The summed E-state index contributed by atoms with van der Waals surface area (Å²) < 4.78 is 10.8. The summed E-state index contributed by atoms with van der Waals surface area (Å²) in [6.45, 7) is 2.27. The van der Waals surface area contributed by atoms with Gasteiger partial charge in [0.15, 0.2) is 17.3 Å². The van der Waals surface area contributed by atoms with Crippen molar-refractivity contribution < 1.29 is 19.1 Å². The molecule has 24 heavy (non-hydrogen) atoms. The van der Waals surface area contributed by atoms with Crippen molar-refractivity contribution in [3.63, 3.8) is 0 Å². The third kappa shape index (κ3) is 3.38. The summed E-state index contributed by atoms with van der Waals surface area (Å²) in [5.41, 5.74) is 3.73. The van der Waals surface area contributed by atoms with Crippen molar-refractivity contribution >= 4 is 23.1 Å². The molecule has 0 aliphatic carbocycles. The topological polar surface area (TPSA) is 84.1 Å². The van der Waals surface area contributed by atoms with Crippen LogP contribution in [0.5, 0.6) is 11.5 Å². The summed E-state index contributed by atoms with van der Waals surface area (Å²) in [7, 11) is 0. The van der Waals surface area contributed by atoms with E-state index in [2.05, 4.69) is 10.5 Å². The molecule has 0 radical (unpaired) electrons. The molecule has 3 aromatic rings. The summed E-state index contributed by atoms with van der Waals surface area (Å²) in [6, 6.07) is 13.8. The molecule has 0 spiro atoms. The van der Waals surface area contributed by atoms with E-state index in [9.17, 15) is 9.90 Å². The number of carbonyl (C=O) groups excluding carboxylic acids is 1. The molecule has 1 heterocycles. The van der Waals surface area contributed by atoms with Crippen LogP contribution in [0.4, 0.5) is 0 Å². The molecule has 0 saturated heterocycles. The smallest absolute Gasteiger partial charge is 0.307 e. The Morgan fingerprint density at radius 3 is 2.92 bits per heavy atom. The van der Waals surface area contributed by atoms with Crippen LogP contribution in [0.1, 0.15) is 23.0 Å². The van der Waals surface area contributed by atoms with Gasteiger partial charge in [-0.15, -0.1) is 0 Å². The number of rotatable bonds is 5. The molecule has 3 rings (SSSR count). The highest BCUT2D eigenvalue weighted by molar-refractivity contribution is 5.96. The predicted octanol–water partition coefficient (Wildman–Crippen LogP) is 3.30. The number of furan rings is 1. The van der Waals surface area contributed by atoms with Crippen LogP contribution in [0.15, 0.2) is 58.0 Å². The van der Waals surface area contributed by atoms with E-state index in [1.807, 2.05) is 25.1 Å².